The molecule has 5 nitrogen and oxygen atoms in total. The molecule has 0 bridgehead atoms. The molecular formula is C19H29N3O2S. The average Bonchev–Trinajstić information content (AvgIpc) is 3.22. The van der Waals surface area contributed by atoms with E-state index in [4.69, 9.17) is 4.42 Å². The third kappa shape index (κ3) is 5.41. The van der Waals surface area contributed by atoms with Gasteiger partial charge in [-0.05, 0) is 38.1 Å². The van der Waals surface area contributed by atoms with Gasteiger partial charge in [0.15, 0.2) is 10.8 Å². The first-order chi connectivity index (χ1) is 11.9. The van der Waals surface area contributed by atoms with Crippen LogP contribution < -0.4 is 0 Å². The van der Waals surface area contributed by atoms with E-state index < -0.39 is 0 Å². The molecule has 25 heavy (non-hydrogen) atoms. The number of hydrogen-bond acceptors (Lipinski definition) is 5. The second-order valence-corrected chi connectivity index (χ2v) is 7.48. The molecule has 0 aliphatic heterocycles. The summed E-state index contributed by atoms with van der Waals surface area (Å²) in [5.74, 6) is 2.00. The van der Waals surface area contributed by atoms with Gasteiger partial charge in [0.1, 0.15) is 11.5 Å². The van der Waals surface area contributed by atoms with Crippen LogP contribution in [0.15, 0.2) is 21.9 Å². The molecule has 138 valence electrons. The number of nitrogens with zero attached hydrogens (tertiary/aromatic N) is 3. The lowest BCUT2D eigenvalue weighted by Gasteiger charge is -2.27. The van der Waals surface area contributed by atoms with Crippen molar-refractivity contribution in [3.05, 3.63) is 29.0 Å². The van der Waals surface area contributed by atoms with Crippen molar-refractivity contribution in [1.29, 1.82) is 0 Å². The predicted molar refractivity (Wildman–Crippen MR) is 103 cm³/mol. The first kappa shape index (κ1) is 19.7. The van der Waals surface area contributed by atoms with Crippen molar-refractivity contribution in [2.75, 3.05) is 32.7 Å². The molecule has 0 N–H and O–H groups in total. The number of carbonyl (C=O) groups excluding carboxylic acids is 1. The van der Waals surface area contributed by atoms with E-state index in [9.17, 15) is 4.79 Å². The van der Waals surface area contributed by atoms with Gasteiger partial charge in [0.25, 0.3) is 5.91 Å². The molecule has 0 fully saturated rings. The highest BCUT2D eigenvalue weighted by Gasteiger charge is 2.21. The Morgan fingerprint density at radius 3 is 2.52 bits per heavy atom. The minimum absolute atomic E-state index is 0.00614. The number of hydrogen-bond donors (Lipinski definition) is 0. The van der Waals surface area contributed by atoms with Crippen molar-refractivity contribution in [1.82, 2.24) is 14.8 Å². The molecular weight excluding hydrogens is 334 g/mol. The number of aromatic nitrogens is 1. The van der Waals surface area contributed by atoms with Gasteiger partial charge in [0.2, 0.25) is 0 Å². The Kier molecular flexibility index (Phi) is 7.20. The maximum Gasteiger partial charge on any atom is 0.273 e. The zero-order valence-electron chi connectivity index (χ0n) is 15.9. The zero-order chi connectivity index (χ0) is 18.4. The SMILES string of the molecule is CCN(CC)CCN(CC(C)C)C(=O)c1csc(-c2ccc(C)o2)n1. The van der Waals surface area contributed by atoms with Crippen LogP contribution in [0.2, 0.25) is 0 Å². The molecule has 0 aliphatic rings. The fourth-order valence-corrected chi connectivity index (χ4v) is 3.47. The van der Waals surface area contributed by atoms with E-state index in [1.165, 1.54) is 11.3 Å². The molecule has 0 aliphatic carbocycles. The molecule has 2 heterocycles. The van der Waals surface area contributed by atoms with Gasteiger partial charge >= 0.3 is 0 Å². The first-order valence-electron chi connectivity index (χ1n) is 8.98. The van der Waals surface area contributed by atoms with Gasteiger partial charge < -0.3 is 14.2 Å². The molecule has 0 spiro atoms. The highest BCUT2D eigenvalue weighted by Crippen LogP contribution is 2.26. The fraction of sp³-hybridized carbons (Fsp3) is 0.579. The molecule has 0 saturated carbocycles. The van der Waals surface area contributed by atoms with Crippen LogP contribution in [-0.2, 0) is 0 Å². The second kappa shape index (κ2) is 9.15. The number of amides is 1. The van der Waals surface area contributed by atoms with Crippen molar-refractivity contribution in [3.8, 4) is 10.8 Å². The smallest absolute Gasteiger partial charge is 0.273 e. The van der Waals surface area contributed by atoms with Crippen molar-refractivity contribution in [2.24, 2.45) is 5.92 Å². The summed E-state index contributed by atoms with van der Waals surface area (Å²) in [6, 6.07) is 3.81. The number of likely N-dealkylation sites (N-methyl/N-ethyl adjacent to an activating group) is 1. The van der Waals surface area contributed by atoms with Crippen molar-refractivity contribution in [3.63, 3.8) is 0 Å². The summed E-state index contributed by atoms with van der Waals surface area (Å²) < 4.78 is 5.61. The number of thiazole rings is 1. The number of rotatable bonds is 9. The maximum absolute atomic E-state index is 12.9. The molecule has 0 radical (unpaired) electrons. The molecule has 1 amide bonds. The van der Waals surface area contributed by atoms with Gasteiger partial charge in [-0.15, -0.1) is 11.3 Å². The summed E-state index contributed by atoms with van der Waals surface area (Å²) in [6.45, 7) is 14.8. The van der Waals surface area contributed by atoms with Crippen LogP contribution in [-0.4, -0.2) is 53.4 Å². The minimum Gasteiger partial charge on any atom is -0.459 e. The maximum atomic E-state index is 12.9. The zero-order valence-corrected chi connectivity index (χ0v) is 16.7. The molecule has 6 heteroatoms. The van der Waals surface area contributed by atoms with Crippen LogP contribution in [0.1, 0.15) is 43.9 Å². The fourth-order valence-electron chi connectivity index (χ4n) is 2.72. The van der Waals surface area contributed by atoms with E-state index in [1.807, 2.05) is 29.3 Å². The molecule has 0 unspecified atom stereocenters. The van der Waals surface area contributed by atoms with E-state index in [-0.39, 0.29) is 5.91 Å². The summed E-state index contributed by atoms with van der Waals surface area (Å²) in [5.41, 5.74) is 0.509. The molecule has 0 aromatic carbocycles. The third-order valence-electron chi connectivity index (χ3n) is 4.13. The van der Waals surface area contributed by atoms with Crippen molar-refractivity contribution >= 4 is 17.2 Å². The Hall–Kier alpha value is -1.66. The standard InChI is InChI=1S/C19H29N3O2S/c1-6-21(7-2)10-11-22(12-14(3)4)19(23)16-13-25-18(20-16)17-9-8-15(5)24-17/h8-9,13-14H,6-7,10-12H2,1-5H3. The Morgan fingerprint density at radius 1 is 1.24 bits per heavy atom. The average molecular weight is 364 g/mol. The molecule has 0 saturated heterocycles. The number of aryl methyl sites for hydroxylation is 1. The predicted octanol–water partition coefficient (Wildman–Crippen LogP) is 4.15. The van der Waals surface area contributed by atoms with Crippen molar-refractivity contribution in [2.45, 2.75) is 34.6 Å². The largest absolute Gasteiger partial charge is 0.459 e. The van der Waals surface area contributed by atoms with Gasteiger partial charge in [-0.1, -0.05) is 27.7 Å². The number of furan rings is 1. The third-order valence-corrected chi connectivity index (χ3v) is 4.98. The monoisotopic (exact) mass is 363 g/mol. The Balaban J connectivity index is 2.11. The van der Waals surface area contributed by atoms with Crippen molar-refractivity contribution < 1.29 is 9.21 Å². The Labute approximate surface area is 154 Å². The van der Waals surface area contributed by atoms with E-state index >= 15 is 0 Å². The summed E-state index contributed by atoms with van der Waals surface area (Å²) in [5, 5.41) is 2.59. The number of carbonyl (C=O) groups is 1. The molecule has 2 rings (SSSR count). The molecule has 2 aromatic heterocycles. The molecule has 2 aromatic rings. The van der Waals surface area contributed by atoms with E-state index in [1.54, 1.807) is 0 Å². The Morgan fingerprint density at radius 2 is 1.96 bits per heavy atom. The van der Waals surface area contributed by atoms with Crippen LogP contribution in [0.5, 0.6) is 0 Å². The normalized spacial score (nSPS) is 11.5. The van der Waals surface area contributed by atoms with E-state index in [0.717, 1.165) is 49.3 Å². The molecule has 0 atom stereocenters. The van der Waals surface area contributed by atoms with Crippen LogP contribution in [0.4, 0.5) is 0 Å². The topological polar surface area (TPSA) is 49.6 Å². The van der Waals surface area contributed by atoms with Crippen LogP contribution in [0, 0.1) is 12.8 Å². The first-order valence-corrected chi connectivity index (χ1v) is 9.86. The van der Waals surface area contributed by atoms with E-state index in [0.29, 0.717) is 11.6 Å². The van der Waals surface area contributed by atoms with Gasteiger partial charge in [0.05, 0.1) is 0 Å². The van der Waals surface area contributed by atoms with E-state index in [2.05, 4.69) is 37.6 Å². The van der Waals surface area contributed by atoms with Gasteiger partial charge in [-0.3, -0.25) is 4.79 Å². The summed E-state index contributed by atoms with van der Waals surface area (Å²) in [7, 11) is 0. The lowest BCUT2D eigenvalue weighted by Crippen LogP contribution is -2.40. The highest BCUT2D eigenvalue weighted by atomic mass is 32.1. The van der Waals surface area contributed by atoms with Gasteiger partial charge in [-0.25, -0.2) is 4.98 Å². The van der Waals surface area contributed by atoms with Crippen LogP contribution in [0.3, 0.4) is 0 Å². The quantitative estimate of drug-likeness (QED) is 0.671. The van der Waals surface area contributed by atoms with Crippen LogP contribution >= 0.6 is 11.3 Å². The van der Waals surface area contributed by atoms with Gasteiger partial charge in [-0.2, -0.15) is 0 Å². The Bertz CT molecular complexity index is 674. The van der Waals surface area contributed by atoms with Gasteiger partial charge in [0, 0.05) is 25.0 Å². The summed E-state index contributed by atoms with van der Waals surface area (Å²) in [6.07, 6.45) is 0. The highest BCUT2D eigenvalue weighted by molar-refractivity contribution is 7.13. The lowest BCUT2D eigenvalue weighted by atomic mass is 10.2. The summed E-state index contributed by atoms with van der Waals surface area (Å²) >= 11 is 1.45. The summed E-state index contributed by atoms with van der Waals surface area (Å²) in [4.78, 5) is 21.7. The minimum atomic E-state index is 0.00614. The second-order valence-electron chi connectivity index (χ2n) is 6.62. The van der Waals surface area contributed by atoms with Crippen LogP contribution in [0.25, 0.3) is 10.8 Å². The lowest BCUT2D eigenvalue weighted by molar-refractivity contribution is 0.0711.